The topological polar surface area (TPSA) is 143 Å². The van der Waals surface area contributed by atoms with E-state index in [2.05, 4.69) is 6.07 Å². The highest BCUT2D eigenvalue weighted by Gasteiger charge is 2.26. The van der Waals surface area contributed by atoms with Crippen LogP contribution in [0.4, 0.5) is 0 Å². The molecule has 0 aliphatic carbocycles. The third kappa shape index (κ3) is 6.45. The monoisotopic (exact) mass is 610 g/mol. The van der Waals surface area contributed by atoms with Gasteiger partial charge in [-0.25, -0.2) is 18.1 Å². The van der Waals surface area contributed by atoms with Gasteiger partial charge < -0.3 is 14.4 Å². The number of rotatable bonds is 6. The summed E-state index contributed by atoms with van der Waals surface area (Å²) in [6, 6.07) is 26.4. The van der Waals surface area contributed by atoms with E-state index in [-0.39, 0.29) is 4.90 Å². The van der Waals surface area contributed by atoms with Crippen molar-refractivity contribution in [3.05, 3.63) is 96.4 Å². The quantitative estimate of drug-likeness (QED) is 0.275. The lowest BCUT2D eigenvalue weighted by Gasteiger charge is -2.26. The van der Waals surface area contributed by atoms with Gasteiger partial charge >= 0.3 is 0 Å². The number of carboxylic acids is 1. The van der Waals surface area contributed by atoms with Gasteiger partial charge in [-0.15, -0.1) is 0 Å². The number of hydrogen-bond donors (Lipinski definition) is 1. The normalized spacial score (nSPS) is 14.1. The number of morpholine rings is 1. The van der Waals surface area contributed by atoms with Gasteiger partial charge in [-0.2, -0.15) is 14.7 Å². The Morgan fingerprint density at radius 1 is 1.00 bits per heavy atom. The zero-order valence-electron chi connectivity index (χ0n) is 24.2. The molecule has 0 bridgehead atoms. The minimum absolute atomic E-state index is 0.218. The number of benzene rings is 3. The third-order valence-corrected chi connectivity index (χ3v) is 8.86. The van der Waals surface area contributed by atoms with E-state index in [1.165, 1.54) is 4.31 Å². The first kappa shape index (κ1) is 30.4. The van der Waals surface area contributed by atoms with Crippen LogP contribution >= 0.6 is 0 Å². The molecule has 0 saturated carbocycles. The summed E-state index contributed by atoms with van der Waals surface area (Å²) in [6.07, 6.45) is 3.64. The summed E-state index contributed by atoms with van der Waals surface area (Å²) in [6.45, 7) is 2.52. The number of imidazole rings is 1. The lowest BCUT2D eigenvalue weighted by Crippen LogP contribution is -2.40. The molecular weight excluding hydrogens is 580 g/mol. The van der Waals surface area contributed by atoms with E-state index in [4.69, 9.17) is 24.7 Å². The van der Waals surface area contributed by atoms with Gasteiger partial charge in [0.1, 0.15) is 6.07 Å². The second-order valence-corrected chi connectivity index (χ2v) is 11.9. The maximum Gasteiger partial charge on any atom is 0.300 e. The van der Waals surface area contributed by atoms with Crippen LogP contribution in [0, 0.1) is 11.3 Å². The molecule has 12 heteroatoms. The molecule has 0 radical (unpaired) electrons. The Morgan fingerprint density at radius 3 is 2.27 bits per heavy atom. The Morgan fingerprint density at radius 2 is 1.64 bits per heavy atom. The first-order chi connectivity index (χ1) is 21.2. The summed E-state index contributed by atoms with van der Waals surface area (Å²) < 4.78 is 36.7. The number of allylic oxidation sites excluding steroid dienone is 1. The van der Waals surface area contributed by atoms with Crippen molar-refractivity contribution < 1.29 is 23.1 Å². The van der Waals surface area contributed by atoms with Crippen molar-refractivity contribution in [2.75, 3.05) is 26.3 Å². The Hall–Kier alpha value is -5.09. The van der Waals surface area contributed by atoms with E-state index in [1.54, 1.807) is 35.0 Å². The number of aryl methyl sites for hydroxylation is 1. The molecule has 44 heavy (non-hydrogen) atoms. The number of ether oxygens (including phenoxy) is 1. The SMILES string of the molecule is CC(=O)O.Cn1c(C(C#N)=Cc2cn(-c3ccccc3)nc2-c2ccc(S(=O)(=O)N3CCOCC3)cc2)nc2ccccc21. The third-order valence-electron chi connectivity index (χ3n) is 6.95. The maximum atomic E-state index is 13.1. The van der Waals surface area contributed by atoms with Crippen molar-refractivity contribution >= 4 is 38.7 Å². The molecule has 6 rings (SSSR count). The van der Waals surface area contributed by atoms with Gasteiger partial charge in [-0.3, -0.25) is 4.79 Å². The number of carboxylic acid groups (broad SMARTS) is 1. The zero-order chi connectivity index (χ0) is 31.3. The molecule has 1 fully saturated rings. The highest BCUT2D eigenvalue weighted by atomic mass is 32.2. The number of sulfonamides is 1. The minimum atomic E-state index is -3.62. The van der Waals surface area contributed by atoms with E-state index in [0.717, 1.165) is 29.2 Å². The van der Waals surface area contributed by atoms with Crippen molar-refractivity contribution in [3.8, 4) is 23.0 Å². The molecule has 3 aromatic carbocycles. The molecule has 1 saturated heterocycles. The summed E-state index contributed by atoms with van der Waals surface area (Å²) in [5.41, 5.74) is 5.02. The van der Waals surface area contributed by atoms with E-state index in [1.807, 2.05) is 72.4 Å². The van der Waals surface area contributed by atoms with Gasteiger partial charge in [-0.05, 0) is 42.5 Å². The fourth-order valence-corrected chi connectivity index (χ4v) is 6.25. The van der Waals surface area contributed by atoms with Crippen molar-refractivity contribution in [2.24, 2.45) is 7.05 Å². The number of aromatic nitrogens is 4. The molecule has 0 unspecified atom stereocenters. The zero-order valence-corrected chi connectivity index (χ0v) is 25.0. The number of carbonyl (C=O) groups is 1. The van der Waals surface area contributed by atoms with Crippen molar-refractivity contribution in [1.29, 1.82) is 5.26 Å². The van der Waals surface area contributed by atoms with Crippen LogP contribution in [-0.4, -0.2) is 69.4 Å². The number of nitrogens with zero attached hydrogens (tertiary/aromatic N) is 6. The second kappa shape index (κ2) is 13.0. The van der Waals surface area contributed by atoms with Gasteiger partial charge in [0.2, 0.25) is 10.0 Å². The standard InChI is InChI=1S/C30H26N6O3S.C2H4O2/c1-34-28-10-6-5-9-27(28)32-30(34)23(20-31)19-24-21-36(25-7-3-2-4-8-25)33-29(24)22-11-13-26(14-12-22)40(37,38)35-15-17-39-18-16-35;1-2(3)4/h2-14,19,21H,15-18H2,1H3;1H3,(H,3,4). The predicted molar refractivity (Wildman–Crippen MR) is 166 cm³/mol. The molecule has 0 spiro atoms. The van der Waals surface area contributed by atoms with E-state index < -0.39 is 16.0 Å². The number of hydrogen-bond acceptors (Lipinski definition) is 7. The average molecular weight is 611 g/mol. The van der Waals surface area contributed by atoms with Crippen LogP contribution in [0.3, 0.4) is 0 Å². The molecule has 11 nitrogen and oxygen atoms in total. The van der Waals surface area contributed by atoms with Crippen LogP contribution in [0.1, 0.15) is 18.3 Å². The van der Waals surface area contributed by atoms with Gasteiger partial charge in [0, 0.05) is 44.4 Å². The average Bonchev–Trinajstić information content (AvgIpc) is 3.61. The number of para-hydroxylation sites is 3. The smallest absolute Gasteiger partial charge is 0.300 e. The van der Waals surface area contributed by atoms with Gasteiger partial charge in [0.05, 0.1) is 46.1 Å². The summed E-state index contributed by atoms with van der Waals surface area (Å²) in [5.74, 6) is -0.283. The summed E-state index contributed by atoms with van der Waals surface area (Å²) in [5, 5.41) is 22.4. The molecule has 1 aliphatic heterocycles. The second-order valence-electron chi connectivity index (χ2n) is 9.93. The van der Waals surface area contributed by atoms with Crippen LogP contribution in [0.2, 0.25) is 0 Å². The summed E-state index contributed by atoms with van der Waals surface area (Å²) in [7, 11) is -1.74. The van der Waals surface area contributed by atoms with Gasteiger partial charge in [-0.1, -0.05) is 42.5 Å². The van der Waals surface area contributed by atoms with Crippen LogP contribution in [0.15, 0.2) is 90.0 Å². The minimum Gasteiger partial charge on any atom is -0.481 e. The van der Waals surface area contributed by atoms with Crippen LogP contribution in [-0.2, 0) is 26.6 Å². The molecule has 0 atom stereocenters. The van der Waals surface area contributed by atoms with Crippen molar-refractivity contribution in [3.63, 3.8) is 0 Å². The lowest BCUT2D eigenvalue weighted by atomic mass is 10.1. The molecule has 0 amide bonds. The first-order valence-electron chi connectivity index (χ1n) is 13.8. The van der Waals surface area contributed by atoms with Crippen LogP contribution in [0.5, 0.6) is 0 Å². The number of aliphatic carboxylic acids is 1. The molecule has 1 aliphatic rings. The summed E-state index contributed by atoms with van der Waals surface area (Å²) >= 11 is 0. The van der Waals surface area contributed by atoms with Crippen LogP contribution in [0.25, 0.3) is 39.6 Å². The molecule has 3 heterocycles. The van der Waals surface area contributed by atoms with E-state index in [0.29, 0.717) is 49.0 Å². The van der Waals surface area contributed by atoms with Crippen molar-refractivity contribution in [1.82, 2.24) is 23.6 Å². The Balaban J connectivity index is 0.000000906. The number of nitriles is 1. The largest absolute Gasteiger partial charge is 0.481 e. The molecule has 224 valence electrons. The predicted octanol–water partition coefficient (Wildman–Crippen LogP) is 4.60. The van der Waals surface area contributed by atoms with Crippen LogP contribution < -0.4 is 0 Å². The fraction of sp³-hybridized carbons (Fsp3) is 0.188. The van der Waals surface area contributed by atoms with Gasteiger partial charge in [0.15, 0.2) is 5.82 Å². The van der Waals surface area contributed by atoms with Gasteiger partial charge in [0.25, 0.3) is 5.97 Å². The fourth-order valence-electron chi connectivity index (χ4n) is 4.84. The Kier molecular flexibility index (Phi) is 9.01. The lowest BCUT2D eigenvalue weighted by molar-refractivity contribution is -0.134. The molecule has 5 aromatic rings. The first-order valence-corrected chi connectivity index (χ1v) is 15.2. The maximum absolute atomic E-state index is 13.1. The Bertz CT molecular complexity index is 1960. The van der Waals surface area contributed by atoms with Crippen molar-refractivity contribution in [2.45, 2.75) is 11.8 Å². The highest BCUT2D eigenvalue weighted by molar-refractivity contribution is 7.89. The highest BCUT2D eigenvalue weighted by Crippen LogP contribution is 2.30. The Labute approximate surface area is 254 Å². The molecule has 2 aromatic heterocycles. The number of fused-ring (bicyclic) bond motifs is 1. The molecular formula is C32H30N6O5S. The molecule has 1 N–H and O–H groups in total. The van der Waals surface area contributed by atoms with E-state index in [9.17, 15) is 13.7 Å². The van der Waals surface area contributed by atoms with E-state index >= 15 is 0 Å². The summed E-state index contributed by atoms with van der Waals surface area (Å²) in [4.78, 5) is 13.9.